The van der Waals surface area contributed by atoms with Crippen molar-refractivity contribution in [1.82, 2.24) is 10.3 Å². The number of anilines is 2. The monoisotopic (exact) mass is 370 g/mol. The van der Waals surface area contributed by atoms with Crippen molar-refractivity contribution in [1.29, 1.82) is 0 Å². The quantitative estimate of drug-likeness (QED) is 0.847. The number of nitrogens with zero attached hydrogens (tertiary/aromatic N) is 3. The molecule has 0 bridgehead atoms. The van der Waals surface area contributed by atoms with Gasteiger partial charge in [-0.3, -0.25) is 9.78 Å². The van der Waals surface area contributed by atoms with Crippen LogP contribution < -0.4 is 15.1 Å². The number of piperazine rings is 1. The lowest BCUT2D eigenvalue weighted by molar-refractivity contribution is 0.0951. The number of pyridine rings is 1. The van der Waals surface area contributed by atoms with E-state index in [1.807, 2.05) is 18.2 Å². The molecule has 0 aliphatic carbocycles. The Morgan fingerprint density at radius 2 is 1.70 bits per heavy atom. The number of aromatic nitrogens is 1. The van der Waals surface area contributed by atoms with E-state index in [9.17, 15) is 9.18 Å². The molecule has 5 nitrogen and oxygen atoms in total. The maximum Gasteiger partial charge on any atom is 0.252 e. The molecule has 27 heavy (non-hydrogen) atoms. The molecule has 1 aliphatic heterocycles. The van der Waals surface area contributed by atoms with Crippen LogP contribution in [0.25, 0.3) is 0 Å². The summed E-state index contributed by atoms with van der Waals surface area (Å²) in [5.41, 5.74) is 2.59. The van der Waals surface area contributed by atoms with Crippen LogP contribution in [0, 0.1) is 11.7 Å². The third kappa shape index (κ3) is 5.18. The van der Waals surface area contributed by atoms with Gasteiger partial charge in [0.05, 0.1) is 17.4 Å². The first-order chi connectivity index (χ1) is 13.0. The molecule has 1 aliphatic rings. The second-order valence-corrected chi connectivity index (χ2v) is 7.32. The van der Waals surface area contributed by atoms with Gasteiger partial charge >= 0.3 is 0 Å². The van der Waals surface area contributed by atoms with Crippen molar-refractivity contribution in [3.05, 3.63) is 54.1 Å². The number of halogens is 1. The van der Waals surface area contributed by atoms with Gasteiger partial charge < -0.3 is 15.1 Å². The smallest absolute Gasteiger partial charge is 0.252 e. The second kappa shape index (κ2) is 8.84. The molecule has 0 spiro atoms. The number of carbonyl (C=O) groups is 1. The summed E-state index contributed by atoms with van der Waals surface area (Å²) in [5.74, 6) is 0.272. The van der Waals surface area contributed by atoms with E-state index < -0.39 is 0 Å². The molecule has 0 unspecified atom stereocenters. The van der Waals surface area contributed by atoms with E-state index in [4.69, 9.17) is 0 Å². The molecule has 0 saturated carbocycles. The number of benzene rings is 1. The molecule has 0 radical (unpaired) electrons. The Kier molecular flexibility index (Phi) is 6.27. The number of rotatable bonds is 6. The van der Waals surface area contributed by atoms with Gasteiger partial charge in [-0.05, 0) is 42.7 Å². The summed E-state index contributed by atoms with van der Waals surface area (Å²) in [6, 6.07) is 8.52. The minimum Gasteiger partial charge on any atom is -0.368 e. The molecule has 2 heterocycles. The summed E-state index contributed by atoms with van der Waals surface area (Å²) < 4.78 is 13.1. The Balaban J connectivity index is 1.58. The molecule has 144 valence electrons. The highest BCUT2D eigenvalue weighted by molar-refractivity contribution is 5.94. The summed E-state index contributed by atoms with van der Waals surface area (Å²) in [6.45, 7) is 8.30. The SMILES string of the molecule is CC(C)CCNC(=O)c1cncc(N2CCN(c3ccc(F)cc3)CC2)c1. The third-order valence-electron chi connectivity index (χ3n) is 4.83. The van der Waals surface area contributed by atoms with Gasteiger partial charge in [-0.15, -0.1) is 0 Å². The van der Waals surface area contributed by atoms with Gasteiger partial charge in [0.2, 0.25) is 0 Å². The van der Waals surface area contributed by atoms with E-state index >= 15 is 0 Å². The zero-order valence-electron chi connectivity index (χ0n) is 16.0. The van der Waals surface area contributed by atoms with Crippen LogP contribution in [-0.4, -0.2) is 43.6 Å². The molecule has 6 heteroatoms. The largest absolute Gasteiger partial charge is 0.368 e. The van der Waals surface area contributed by atoms with Crippen molar-refractivity contribution in [3.8, 4) is 0 Å². The Morgan fingerprint density at radius 1 is 1.07 bits per heavy atom. The van der Waals surface area contributed by atoms with Crippen LogP contribution in [0.2, 0.25) is 0 Å². The lowest BCUT2D eigenvalue weighted by atomic mass is 10.1. The van der Waals surface area contributed by atoms with Gasteiger partial charge in [-0.1, -0.05) is 13.8 Å². The highest BCUT2D eigenvalue weighted by atomic mass is 19.1. The molecule has 1 saturated heterocycles. The van der Waals surface area contributed by atoms with E-state index in [0.29, 0.717) is 18.0 Å². The van der Waals surface area contributed by atoms with E-state index in [0.717, 1.165) is 44.0 Å². The minimum absolute atomic E-state index is 0.0741. The molecule has 1 amide bonds. The van der Waals surface area contributed by atoms with Crippen LogP contribution in [0.3, 0.4) is 0 Å². The van der Waals surface area contributed by atoms with Gasteiger partial charge in [0.1, 0.15) is 5.82 Å². The van der Waals surface area contributed by atoms with Crippen LogP contribution in [0.1, 0.15) is 30.6 Å². The average molecular weight is 370 g/mol. The molecule has 1 aromatic heterocycles. The predicted molar refractivity (Wildman–Crippen MR) is 107 cm³/mol. The standard InChI is InChI=1S/C21H27FN4O/c1-16(2)7-8-24-21(27)17-13-20(15-23-14-17)26-11-9-25(10-12-26)19-5-3-18(22)4-6-19/h3-6,13-16H,7-12H2,1-2H3,(H,24,27). The van der Waals surface area contributed by atoms with Gasteiger partial charge in [-0.25, -0.2) is 4.39 Å². The van der Waals surface area contributed by atoms with Gasteiger partial charge in [0, 0.05) is 44.6 Å². The average Bonchev–Trinajstić information content (AvgIpc) is 2.68. The fourth-order valence-electron chi connectivity index (χ4n) is 3.18. The van der Waals surface area contributed by atoms with Crippen LogP contribution in [0.15, 0.2) is 42.7 Å². The van der Waals surface area contributed by atoms with Gasteiger partial charge in [0.25, 0.3) is 5.91 Å². The number of hydrogen-bond acceptors (Lipinski definition) is 4. The fraction of sp³-hybridized carbons (Fsp3) is 0.429. The predicted octanol–water partition coefficient (Wildman–Crippen LogP) is 3.32. The maximum absolute atomic E-state index is 13.1. The summed E-state index contributed by atoms with van der Waals surface area (Å²) >= 11 is 0. The number of nitrogens with one attached hydrogen (secondary N) is 1. The molecule has 1 aromatic carbocycles. The van der Waals surface area contributed by atoms with E-state index in [2.05, 4.69) is 33.9 Å². The molecular formula is C21H27FN4O. The summed E-state index contributed by atoms with van der Waals surface area (Å²) in [5, 5.41) is 2.96. The van der Waals surface area contributed by atoms with E-state index in [1.165, 1.54) is 12.1 Å². The second-order valence-electron chi connectivity index (χ2n) is 7.32. The minimum atomic E-state index is -0.216. The van der Waals surface area contributed by atoms with E-state index in [1.54, 1.807) is 12.4 Å². The van der Waals surface area contributed by atoms with E-state index in [-0.39, 0.29) is 11.7 Å². The maximum atomic E-state index is 13.1. The van der Waals surface area contributed by atoms with Crippen molar-refractivity contribution in [3.63, 3.8) is 0 Å². The van der Waals surface area contributed by atoms with Crippen LogP contribution in [-0.2, 0) is 0 Å². The lowest BCUT2D eigenvalue weighted by Crippen LogP contribution is -2.46. The Morgan fingerprint density at radius 3 is 2.33 bits per heavy atom. The van der Waals surface area contributed by atoms with Crippen molar-refractivity contribution in [2.45, 2.75) is 20.3 Å². The normalized spacial score (nSPS) is 14.5. The van der Waals surface area contributed by atoms with Crippen molar-refractivity contribution in [2.75, 3.05) is 42.5 Å². The van der Waals surface area contributed by atoms with Crippen molar-refractivity contribution in [2.24, 2.45) is 5.92 Å². The van der Waals surface area contributed by atoms with Crippen LogP contribution >= 0.6 is 0 Å². The molecule has 3 rings (SSSR count). The topological polar surface area (TPSA) is 48.5 Å². The molecular weight excluding hydrogens is 343 g/mol. The zero-order valence-corrected chi connectivity index (χ0v) is 16.0. The van der Waals surface area contributed by atoms with Gasteiger partial charge in [-0.2, -0.15) is 0 Å². The van der Waals surface area contributed by atoms with Crippen LogP contribution in [0.4, 0.5) is 15.8 Å². The number of carbonyl (C=O) groups excluding carboxylic acids is 1. The molecule has 1 N–H and O–H groups in total. The summed E-state index contributed by atoms with van der Waals surface area (Å²) in [4.78, 5) is 21.0. The highest BCUT2D eigenvalue weighted by Gasteiger charge is 2.19. The third-order valence-corrected chi connectivity index (χ3v) is 4.83. The van der Waals surface area contributed by atoms with Crippen molar-refractivity contribution >= 4 is 17.3 Å². The molecule has 1 fully saturated rings. The Labute approximate surface area is 160 Å². The van der Waals surface area contributed by atoms with Gasteiger partial charge in [0.15, 0.2) is 0 Å². The zero-order chi connectivity index (χ0) is 19.2. The summed E-state index contributed by atoms with van der Waals surface area (Å²) in [6.07, 6.45) is 4.38. The number of hydrogen-bond donors (Lipinski definition) is 1. The number of amides is 1. The summed E-state index contributed by atoms with van der Waals surface area (Å²) in [7, 11) is 0. The van der Waals surface area contributed by atoms with Crippen LogP contribution in [0.5, 0.6) is 0 Å². The molecule has 2 aromatic rings. The Bertz CT molecular complexity index is 755. The Hall–Kier alpha value is -2.63. The molecule has 0 atom stereocenters. The first-order valence-electron chi connectivity index (χ1n) is 9.51. The van der Waals surface area contributed by atoms with Crippen molar-refractivity contribution < 1.29 is 9.18 Å². The lowest BCUT2D eigenvalue weighted by Gasteiger charge is -2.37. The fourth-order valence-corrected chi connectivity index (χ4v) is 3.18. The first-order valence-corrected chi connectivity index (χ1v) is 9.51. The highest BCUT2D eigenvalue weighted by Crippen LogP contribution is 2.21. The first kappa shape index (κ1) is 19.1.